The van der Waals surface area contributed by atoms with Gasteiger partial charge in [-0.1, -0.05) is 42.5 Å². The first kappa shape index (κ1) is 11.1. The first-order chi connectivity index (χ1) is 8.88. The third-order valence-electron chi connectivity index (χ3n) is 3.21. The van der Waals surface area contributed by atoms with E-state index >= 15 is 0 Å². The van der Waals surface area contributed by atoms with Crippen molar-refractivity contribution in [3.8, 4) is 11.3 Å². The second-order valence-electron chi connectivity index (χ2n) is 4.46. The molecule has 0 bridgehead atoms. The zero-order chi connectivity index (χ0) is 12.4. The minimum absolute atomic E-state index is 0.892. The minimum atomic E-state index is 0.892. The van der Waals surface area contributed by atoms with Gasteiger partial charge in [0.05, 0.1) is 0 Å². The highest BCUT2D eigenvalue weighted by atomic mass is 14.8. The molecule has 18 heavy (non-hydrogen) atoms. The number of nitrogens with one attached hydrogen (secondary N) is 2. The summed E-state index contributed by atoms with van der Waals surface area (Å²) < 4.78 is 0. The van der Waals surface area contributed by atoms with Crippen LogP contribution in [-0.2, 0) is 6.54 Å². The van der Waals surface area contributed by atoms with Crippen LogP contribution in [0.2, 0.25) is 0 Å². The molecule has 0 spiro atoms. The number of fused-ring (bicyclic) bond motifs is 1. The van der Waals surface area contributed by atoms with Crippen molar-refractivity contribution in [2.75, 3.05) is 7.05 Å². The van der Waals surface area contributed by atoms with Gasteiger partial charge in [-0.2, -0.15) is 0 Å². The Kier molecular flexibility index (Phi) is 2.87. The molecule has 1 aromatic heterocycles. The predicted octanol–water partition coefficient (Wildman–Crippen LogP) is 3.55. The van der Waals surface area contributed by atoms with E-state index in [9.17, 15) is 0 Å². The van der Waals surface area contributed by atoms with E-state index < -0.39 is 0 Å². The van der Waals surface area contributed by atoms with E-state index in [1.807, 2.05) is 13.1 Å². The van der Waals surface area contributed by atoms with Crippen molar-refractivity contribution in [3.05, 3.63) is 60.2 Å². The van der Waals surface area contributed by atoms with Gasteiger partial charge in [-0.3, -0.25) is 0 Å². The van der Waals surface area contributed by atoms with Crippen molar-refractivity contribution in [2.24, 2.45) is 0 Å². The summed E-state index contributed by atoms with van der Waals surface area (Å²) in [5.41, 5.74) is 4.92. The molecule has 2 aromatic carbocycles. The van der Waals surface area contributed by atoms with Crippen LogP contribution < -0.4 is 5.32 Å². The maximum Gasteiger partial charge on any atom is 0.0464 e. The van der Waals surface area contributed by atoms with Gasteiger partial charge in [0.25, 0.3) is 0 Å². The van der Waals surface area contributed by atoms with Gasteiger partial charge in [0.15, 0.2) is 0 Å². The molecule has 3 rings (SSSR count). The van der Waals surface area contributed by atoms with E-state index in [1.165, 1.54) is 27.7 Å². The fraction of sp³-hybridized carbons (Fsp3) is 0.125. The normalized spacial score (nSPS) is 10.9. The summed E-state index contributed by atoms with van der Waals surface area (Å²) in [5, 5.41) is 4.51. The monoisotopic (exact) mass is 236 g/mol. The maximum atomic E-state index is 3.48. The number of aromatic amines is 1. The van der Waals surface area contributed by atoms with Gasteiger partial charge >= 0.3 is 0 Å². The molecule has 0 unspecified atom stereocenters. The van der Waals surface area contributed by atoms with Crippen LogP contribution in [-0.4, -0.2) is 12.0 Å². The van der Waals surface area contributed by atoms with Crippen molar-refractivity contribution in [1.82, 2.24) is 10.3 Å². The molecule has 3 aromatic rings. The van der Waals surface area contributed by atoms with Crippen molar-refractivity contribution in [2.45, 2.75) is 6.54 Å². The van der Waals surface area contributed by atoms with Crippen LogP contribution in [0.25, 0.3) is 22.2 Å². The Morgan fingerprint density at radius 2 is 1.83 bits per heavy atom. The highest BCUT2D eigenvalue weighted by molar-refractivity contribution is 5.88. The number of hydrogen-bond donors (Lipinski definition) is 2. The number of benzene rings is 2. The Bertz CT molecular complexity index is 653. The average molecular weight is 236 g/mol. The number of hydrogen-bond acceptors (Lipinski definition) is 1. The van der Waals surface area contributed by atoms with Gasteiger partial charge in [-0.05, 0) is 30.3 Å². The van der Waals surface area contributed by atoms with Crippen LogP contribution in [0.15, 0.2) is 54.6 Å². The zero-order valence-electron chi connectivity index (χ0n) is 10.4. The van der Waals surface area contributed by atoms with Crippen molar-refractivity contribution in [3.63, 3.8) is 0 Å². The average Bonchev–Trinajstić information content (AvgIpc) is 2.85. The van der Waals surface area contributed by atoms with Crippen molar-refractivity contribution in [1.29, 1.82) is 0 Å². The lowest BCUT2D eigenvalue weighted by atomic mass is 10.1. The van der Waals surface area contributed by atoms with Gasteiger partial charge in [0.1, 0.15) is 0 Å². The van der Waals surface area contributed by atoms with E-state index in [0.29, 0.717) is 0 Å². The molecular formula is C16H16N2. The third kappa shape index (κ3) is 1.91. The summed E-state index contributed by atoms with van der Waals surface area (Å²) in [4.78, 5) is 3.48. The van der Waals surface area contributed by atoms with E-state index in [1.54, 1.807) is 0 Å². The molecule has 2 nitrogen and oxygen atoms in total. The number of H-pyrrole nitrogens is 1. The molecule has 2 heteroatoms. The van der Waals surface area contributed by atoms with Gasteiger partial charge in [0.2, 0.25) is 0 Å². The van der Waals surface area contributed by atoms with E-state index in [0.717, 1.165) is 6.54 Å². The molecule has 2 N–H and O–H groups in total. The highest BCUT2D eigenvalue weighted by Gasteiger charge is 2.05. The smallest absolute Gasteiger partial charge is 0.0464 e. The molecule has 0 aliphatic carbocycles. The second kappa shape index (κ2) is 4.67. The van der Waals surface area contributed by atoms with E-state index in [2.05, 4.69) is 58.8 Å². The topological polar surface area (TPSA) is 27.8 Å². The summed E-state index contributed by atoms with van der Waals surface area (Å²) in [6, 6.07) is 19.0. The van der Waals surface area contributed by atoms with Crippen LogP contribution >= 0.6 is 0 Å². The van der Waals surface area contributed by atoms with E-state index in [-0.39, 0.29) is 0 Å². The summed E-state index contributed by atoms with van der Waals surface area (Å²) in [6.45, 7) is 0.892. The third-order valence-corrected chi connectivity index (χ3v) is 3.21. The van der Waals surface area contributed by atoms with Crippen LogP contribution in [0.5, 0.6) is 0 Å². The Hall–Kier alpha value is -2.06. The molecule has 90 valence electrons. The first-order valence-electron chi connectivity index (χ1n) is 6.19. The second-order valence-corrected chi connectivity index (χ2v) is 4.46. The zero-order valence-corrected chi connectivity index (χ0v) is 10.4. The van der Waals surface area contributed by atoms with Gasteiger partial charge in [0, 0.05) is 23.1 Å². The Labute approximate surface area is 107 Å². The van der Waals surface area contributed by atoms with Crippen molar-refractivity contribution < 1.29 is 0 Å². The molecule has 0 aliphatic heterocycles. The molecule has 0 saturated heterocycles. The standard InChI is InChI=1S/C16H16N2/c1-17-11-13-8-5-9-15-14(13)10-16(18-15)12-6-3-2-4-7-12/h2-10,17-18H,11H2,1H3. The lowest BCUT2D eigenvalue weighted by Crippen LogP contribution is -2.04. The molecule has 0 saturated carbocycles. The van der Waals surface area contributed by atoms with Gasteiger partial charge < -0.3 is 10.3 Å². The van der Waals surface area contributed by atoms with Crippen LogP contribution in [0.3, 0.4) is 0 Å². The van der Waals surface area contributed by atoms with E-state index in [4.69, 9.17) is 0 Å². The predicted molar refractivity (Wildman–Crippen MR) is 76.5 cm³/mol. The number of rotatable bonds is 3. The fourth-order valence-electron chi connectivity index (χ4n) is 2.34. The summed E-state index contributed by atoms with van der Waals surface area (Å²) in [5.74, 6) is 0. The number of aromatic nitrogens is 1. The lowest BCUT2D eigenvalue weighted by molar-refractivity contribution is 0.824. The van der Waals surface area contributed by atoms with Crippen LogP contribution in [0.1, 0.15) is 5.56 Å². The quantitative estimate of drug-likeness (QED) is 0.715. The Morgan fingerprint density at radius 1 is 1.00 bits per heavy atom. The van der Waals surface area contributed by atoms with Gasteiger partial charge in [-0.15, -0.1) is 0 Å². The molecule has 1 heterocycles. The highest BCUT2D eigenvalue weighted by Crippen LogP contribution is 2.26. The molecule has 0 fully saturated rings. The lowest BCUT2D eigenvalue weighted by Gasteiger charge is -2.00. The Balaban J connectivity index is 2.14. The molecule has 0 amide bonds. The fourth-order valence-corrected chi connectivity index (χ4v) is 2.34. The van der Waals surface area contributed by atoms with Crippen molar-refractivity contribution >= 4 is 10.9 Å². The summed E-state index contributed by atoms with van der Waals surface area (Å²) in [7, 11) is 1.98. The molecular weight excluding hydrogens is 220 g/mol. The largest absolute Gasteiger partial charge is 0.355 e. The summed E-state index contributed by atoms with van der Waals surface area (Å²) in [6.07, 6.45) is 0. The van der Waals surface area contributed by atoms with Crippen LogP contribution in [0.4, 0.5) is 0 Å². The van der Waals surface area contributed by atoms with Crippen LogP contribution in [0, 0.1) is 0 Å². The SMILES string of the molecule is CNCc1cccc2[nH]c(-c3ccccc3)cc12. The minimum Gasteiger partial charge on any atom is -0.355 e. The molecule has 0 atom stereocenters. The molecule has 0 aliphatic rings. The first-order valence-corrected chi connectivity index (χ1v) is 6.19. The maximum absolute atomic E-state index is 3.48. The molecule has 0 radical (unpaired) electrons. The summed E-state index contributed by atoms with van der Waals surface area (Å²) >= 11 is 0. The van der Waals surface area contributed by atoms with Gasteiger partial charge in [-0.25, -0.2) is 0 Å². The Morgan fingerprint density at radius 3 is 2.61 bits per heavy atom.